The van der Waals surface area contributed by atoms with Gasteiger partial charge in [0.05, 0.1) is 6.04 Å². The van der Waals surface area contributed by atoms with E-state index in [0.717, 1.165) is 27.8 Å². The van der Waals surface area contributed by atoms with Crippen molar-refractivity contribution in [1.29, 1.82) is 0 Å². The lowest BCUT2D eigenvalue weighted by molar-refractivity contribution is -0.153. The maximum Gasteiger partial charge on any atom is 0.326 e. The lowest BCUT2D eigenvalue weighted by atomic mass is 9.91. The third-order valence-electron chi connectivity index (χ3n) is 5.80. The molecule has 0 radical (unpaired) electrons. The number of hydrogen-bond acceptors (Lipinski definition) is 4. The standard InChI is InChI=1S/C23H28N2O4/c1-14-9-18(26)10-15(2)19(14)12-20(24(3)4)22(27)25-13-17-8-6-5-7-16(17)11-21(25)23(28)29/h5-10,20-21,26H,11-13H2,1-4H3,(H,28,29)/t20-,21?/m0/s1. The minimum absolute atomic E-state index is 0.191. The van der Waals surface area contributed by atoms with Gasteiger partial charge in [-0.05, 0) is 74.3 Å². The maximum absolute atomic E-state index is 13.5. The van der Waals surface area contributed by atoms with Crippen molar-refractivity contribution in [1.82, 2.24) is 9.80 Å². The highest BCUT2D eigenvalue weighted by atomic mass is 16.4. The molecule has 1 unspecified atom stereocenters. The van der Waals surface area contributed by atoms with E-state index >= 15 is 0 Å². The first-order valence-electron chi connectivity index (χ1n) is 9.74. The average molecular weight is 396 g/mol. The van der Waals surface area contributed by atoms with Gasteiger partial charge in [0, 0.05) is 13.0 Å². The van der Waals surface area contributed by atoms with E-state index in [0.29, 0.717) is 19.4 Å². The molecule has 0 aliphatic carbocycles. The van der Waals surface area contributed by atoms with Gasteiger partial charge < -0.3 is 15.1 Å². The smallest absolute Gasteiger partial charge is 0.326 e. The molecule has 0 saturated carbocycles. The molecule has 2 N–H and O–H groups in total. The van der Waals surface area contributed by atoms with Crippen LogP contribution in [0, 0.1) is 13.8 Å². The summed E-state index contributed by atoms with van der Waals surface area (Å²) >= 11 is 0. The highest BCUT2D eigenvalue weighted by Gasteiger charge is 2.38. The number of fused-ring (bicyclic) bond motifs is 1. The second kappa shape index (κ2) is 8.25. The molecule has 154 valence electrons. The molecular formula is C23H28N2O4. The van der Waals surface area contributed by atoms with Crippen molar-refractivity contribution in [3.05, 3.63) is 64.2 Å². The quantitative estimate of drug-likeness (QED) is 0.812. The third kappa shape index (κ3) is 4.27. The first kappa shape index (κ1) is 20.9. The number of aromatic hydroxyl groups is 1. The van der Waals surface area contributed by atoms with E-state index in [-0.39, 0.29) is 11.7 Å². The molecule has 2 aromatic carbocycles. The molecule has 2 atom stereocenters. The predicted octanol–water partition coefficient (Wildman–Crippen LogP) is 2.52. The Morgan fingerprint density at radius 1 is 1.14 bits per heavy atom. The Bertz CT molecular complexity index is 915. The van der Waals surface area contributed by atoms with Gasteiger partial charge in [0.25, 0.3) is 0 Å². The molecule has 0 bridgehead atoms. The predicted molar refractivity (Wildman–Crippen MR) is 111 cm³/mol. The van der Waals surface area contributed by atoms with Crippen LogP contribution in [0.2, 0.25) is 0 Å². The van der Waals surface area contributed by atoms with Crippen LogP contribution in [0.1, 0.15) is 27.8 Å². The van der Waals surface area contributed by atoms with Crippen LogP contribution in [0.3, 0.4) is 0 Å². The third-order valence-corrected chi connectivity index (χ3v) is 5.80. The van der Waals surface area contributed by atoms with E-state index in [2.05, 4.69) is 0 Å². The van der Waals surface area contributed by atoms with Gasteiger partial charge >= 0.3 is 5.97 Å². The minimum Gasteiger partial charge on any atom is -0.508 e. The number of aryl methyl sites for hydroxylation is 2. The Kier molecular flexibility index (Phi) is 5.94. The molecule has 1 aliphatic rings. The van der Waals surface area contributed by atoms with Gasteiger partial charge in [-0.3, -0.25) is 9.69 Å². The van der Waals surface area contributed by atoms with E-state index in [9.17, 15) is 19.8 Å². The topological polar surface area (TPSA) is 81.1 Å². The Morgan fingerprint density at radius 2 is 1.72 bits per heavy atom. The zero-order chi connectivity index (χ0) is 21.3. The van der Waals surface area contributed by atoms with Crippen molar-refractivity contribution < 1.29 is 19.8 Å². The van der Waals surface area contributed by atoms with Crippen molar-refractivity contribution in [2.75, 3.05) is 14.1 Å². The van der Waals surface area contributed by atoms with Crippen LogP contribution in [0.15, 0.2) is 36.4 Å². The molecule has 3 rings (SSSR count). The molecule has 2 aromatic rings. The van der Waals surface area contributed by atoms with E-state index in [1.165, 1.54) is 4.90 Å². The lowest BCUT2D eigenvalue weighted by Crippen LogP contribution is -2.55. The molecule has 6 heteroatoms. The summed E-state index contributed by atoms with van der Waals surface area (Å²) in [7, 11) is 3.67. The number of carbonyl (C=O) groups excluding carboxylic acids is 1. The highest BCUT2D eigenvalue weighted by Crippen LogP contribution is 2.27. The van der Waals surface area contributed by atoms with Crippen LogP contribution >= 0.6 is 0 Å². The second-order valence-electron chi connectivity index (χ2n) is 8.03. The number of aliphatic carboxylic acids is 1. The van der Waals surface area contributed by atoms with Crippen LogP contribution in [-0.4, -0.2) is 58.1 Å². The van der Waals surface area contributed by atoms with Gasteiger partial charge in [-0.15, -0.1) is 0 Å². The van der Waals surface area contributed by atoms with Crippen molar-refractivity contribution in [3.63, 3.8) is 0 Å². The summed E-state index contributed by atoms with van der Waals surface area (Å²) < 4.78 is 0. The summed E-state index contributed by atoms with van der Waals surface area (Å²) in [5.74, 6) is -0.971. The van der Waals surface area contributed by atoms with E-state index in [1.807, 2.05) is 57.1 Å². The molecule has 1 heterocycles. The molecule has 0 aromatic heterocycles. The van der Waals surface area contributed by atoms with Crippen molar-refractivity contribution in [2.45, 2.75) is 45.3 Å². The summed E-state index contributed by atoms with van der Waals surface area (Å²) in [6.07, 6.45) is 0.767. The second-order valence-corrected chi connectivity index (χ2v) is 8.03. The number of hydrogen-bond donors (Lipinski definition) is 2. The van der Waals surface area contributed by atoms with Gasteiger partial charge in [0.2, 0.25) is 5.91 Å². The van der Waals surface area contributed by atoms with E-state index < -0.39 is 18.1 Å². The Morgan fingerprint density at radius 3 is 2.28 bits per heavy atom. The molecular weight excluding hydrogens is 368 g/mol. The van der Waals surface area contributed by atoms with Crippen LogP contribution in [0.25, 0.3) is 0 Å². The van der Waals surface area contributed by atoms with Crippen LogP contribution in [0.5, 0.6) is 5.75 Å². The number of phenolic OH excluding ortho intramolecular Hbond substituents is 1. The van der Waals surface area contributed by atoms with Crippen molar-refractivity contribution in [3.8, 4) is 5.75 Å². The summed E-state index contributed by atoms with van der Waals surface area (Å²) in [4.78, 5) is 28.8. The summed E-state index contributed by atoms with van der Waals surface area (Å²) in [6, 6.07) is 9.70. The average Bonchev–Trinajstić information content (AvgIpc) is 2.65. The molecule has 0 saturated heterocycles. The number of phenols is 1. The van der Waals surface area contributed by atoms with Crippen molar-refractivity contribution >= 4 is 11.9 Å². The molecule has 0 spiro atoms. The van der Waals surface area contributed by atoms with Crippen molar-refractivity contribution in [2.24, 2.45) is 0 Å². The van der Waals surface area contributed by atoms with Gasteiger partial charge in [0.1, 0.15) is 11.8 Å². The molecule has 1 aliphatic heterocycles. The SMILES string of the molecule is Cc1cc(O)cc(C)c1C[C@@H](C(=O)N1Cc2ccccc2CC1C(=O)O)N(C)C. The first-order valence-corrected chi connectivity index (χ1v) is 9.74. The van der Waals surface area contributed by atoms with Gasteiger partial charge in [-0.1, -0.05) is 24.3 Å². The molecule has 6 nitrogen and oxygen atoms in total. The summed E-state index contributed by atoms with van der Waals surface area (Å²) in [5.41, 5.74) is 4.81. The number of carboxylic acids is 1. The molecule has 29 heavy (non-hydrogen) atoms. The Balaban J connectivity index is 1.93. The minimum atomic E-state index is -0.984. The number of amides is 1. The van der Waals surface area contributed by atoms with Gasteiger partial charge in [-0.25, -0.2) is 4.79 Å². The summed E-state index contributed by atoms with van der Waals surface area (Å²) in [6.45, 7) is 4.12. The monoisotopic (exact) mass is 396 g/mol. The van der Waals surface area contributed by atoms with Crippen LogP contribution in [0.4, 0.5) is 0 Å². The first-order chi connectivity index (χ1) is 13.7. The number of carbonyl (C=O) groups is 2. The number of carboxylic acid groups (broad SMARTS) is 1. The Hall–Kier alpha value is -2.86. The number of rotatable bonds is 5. The normalized spacial score (nSPS) is 17.1. The zero-order valence-corrected chi connectivity index (χ0v) is 17.3. The lowest BCUT2D eigenvalue weighted by Gasteiger charge is -2.38. The van der Waals surface area contributed by atoms with E-state index in [1.54, 1.807) is 12.1 Å². The maximum atomic E-state index is 13.5. The van der Waals surface area contributed by atoms with Crippen LogP contribution < -0.4 is 0 Å². The number of nitrogens with zero attached hydrogens (tertiary/aromatic N) is 2. The number of likely N-dealkylation sites (N-methyl/N-ethyl adjacent to an activating group) is 1. The van der Waals surface area contributed by atoms with E-state index in [4.69, 9.17) is 0 Å². The zero-order valence-electron chi connectivity index (χ0n) is 17.3. The Labute approximate surface area is 171 Å². The van der Waals surface area contributed by atoms with Gasteiger partial charge in [-0.2, -0.15) is 0 Å². The number of benzene rings is 2. The van der Waals surface area contributed by atoms with Crippen LogP contribution in [-0.2, 0) is 29.0 Å². The fourth-order valence-corrected chi connectivity index (χ4v) is 4.14. The van der Waals surface area contributed by atoms with Gasteiger partial charge in [0.15, 0.2) is 0 Å². The molecule has 0 fully saturated rings. The molecule has 1 amide bonds. The fourth-order valence-electron chi connectivity index (χ4n) is 4.14. The largest absolute Gasteiger partial charge is 0.508 e. The fraction of sp³-hybridized carbons (Fsp3) is 0.391. The highest BCUT2D eigenvalue weighted by molar-refractivity contribution is 5.88. The summed E-state index contributed by atoms with van der Waals surface area (Å²) in [5, 5.41) is 19.6.